The molecule has 24 heavy (non-hydrogen) atoms. The Kier molecular flexibility index (Phi) is 4.97. The Hall–Kier alpha value is -2.18. The maximum Gasteiger partial charge on any atom is 0.271 e. The van der Waals surface area contributed by atoms with Crippen LogP contribution in [0.1, 0.15) is 12.0 Å². The zero-order valence-electron chi connectivity index (χ0n) is 12.5. The molecule has 0 saturated heterocycles. The van der Waals surface area contributed by atoms with Gasteiger partial charge < -0.3 is 14.2 Å². The number of halogens is 2. The molecular formula is C16H13Cl2NO5. The number of fused-ring (bicyclic) bond motifs is 1. The second-order valence-electron chi connectivity index (χ2n) is 5.12. The van der Waals surface area contributed by atoms with Gasteiger partial charge >= 0.3 is 0 Å². The maximum absolute atomic E-state index is 10.7. The van der Waals surface area contributed by atoms with E-state index < -0.39 is 4.92 Å². The van der Waals surface area contributed by atoms with Crippen molar-refractivity contribution in [3.05, 3.63) is 56.1 Å². The van der Waals surface area contributed by atoms with Crippen LogP contribution in [0.25, 0.3) is 0 Å². The summed E-state index contributed by atoms with van der Waals surface area (Å²) in [5.41, 5.74) is 0.685. The Morgan fingerprint density at radius 3 is 2.67 bits per heavy atom. The van der Waals surface area contributed by atoms with Crippen LogP contribution in [0.2, 0.25) is 10.0 Å². The van der Waals surface area contributed by atoms with Gasteiger partial charge in [0.2, 0.25) is 0 Å². The van der Waals surface area contributed by atoms with Crippen molar-refractivity contribution in [1.29, 1.82) is 0 Å². The van der Waals surface area contributed by atoms with Crippen molar-refractivity contribution in [2.75, 3.05) is 13.2 Å². The van der Waals surface area contributed by atoms with Gasteiger partial charge in [0.15, 0.2) is 11.5 Å². The van der Waals surface area contributed by atoms with Gasteiger partial charge in [-0.2, -0.15) is 0 Å². The van der Waals surface area contributed by atoms with Crippen LogP contribution in [0, 0.1) is 10.1 Å². The molecule has 2 aromatic rings. The van der Waals surface area contributed by atoms with Crippen molar-refractivity contribution in [2.45, 2.75) is 13.0 Å². The van der Waals surface area contributed by atoms with E-state index in [-0.39, 0.29) is 17.3 Å². The third-order valence-electron chi connectivity index (χ3n) is 3.38. The highest BCUT2D eigenvalue weighted by atomic mass is 35.5. The molecule has 3 rings (SSSR count). The zero-order chi connectivity index (χ0) is 17.1. The van der Waals surface area contributed by atoms with E-state index in [1.54, 1.807) is 12.1 Å². The molecule has 0 unspecified atom stereocenters. The average Bonchev–Trinajstić information content (AvgIpc) is 2.79. The van der Waals surface area contributed by atoms with Gasteiger partial charge in [0.05, 0.1) is 28.2 Å². The maximum atomic E-state index is 10.7. The fourth-order valence-electron chi connectivity index (χ4n) is 2.25. The standard InChI is InChI=1S/C16H13Cl2NO5/c17-12-8-11(19(20)21)2-3-14(12)24-9-10-6-13(18)16-15(7-10)22-4-1-5-23-16/h2-3,6-8H,1,4-5,9H2. The fourth-order valence-corrected chi connectivity index (χ4v) is 2.77. The van der Waals surface area contributed by atoms with Crippen LogP contribution in [0.15, 0.2) is 30.3 Å². The molecule has 2 aromatic carbocycles. The first-order valence-electron chi connectivity index (χ1n) is 7.19. The predicted octanol–water partition coefficient (Wildman–Crippen LogP) is 4.64. The van der Waals surface area contributed by atoms with Crippen molar-refractivity contribution in [2.24, 2.45) is 0 Å². The average molecular weight is 370 g/mol. The molecular weight excluding hydrogens is 357 g/mol. The van der Waals surface area contributed by atoms with Gasteiger partial charge in [-0.15, -0.1) is 0 Å². The summed E-state index contributed by atoms with van der Waals surface area (Å²) in [6.07, 6.45) is 0.787. The lowest BCUT2D eigenvalue weighted by atomic mass is 10.2. The van der Waals surface area contributed by atoms with Gasteiger partial charge in [0, 0.05) is 18.6 Å². The highest BCUT2D eigenvalue weighted by molar-refractivity contribution is 6.32. The van der Waals surface area contributed by atoms with E-state index >= 15 is 0 Å². The van der Waals surface area contributed by atoms with Crippen LogP contribution in [-0.4, -0.2) is 18.1 Å². The number of non-ortho nitro benzene ring substituents is 1. The van der Waals surface area contributed by atoms with Gasteiger partial charge in [-0.05, 0) is 23.8 Å². The van der Waals surface area contributed by atoms with E-state index in [1.807, 2.05) is 0 Å². The van der Waals surface area contributed by atoms with Crippen molar-refractivity contribution in [3.8, 4) is 17.2 Å². The SMILES string of the molecule is O=[N+]([O-])c1ccc(OCc2cc(Cl)c3c(c2)OCCCO3)c(Cl)c1. The van der Waals surface area contributed by atoms with E-state index in [4.69, 9.17) is 37.4 Å². The first-order valence-corrected chi connectivity index (χ1v) is 7.95. The Balaban J connectivity index is 1.76. The number of benzene rings is 2. The predicted molar refractivity (Wildman–Crippen MR) is 89.5 cm³/mol. The largest absolute Gasteiger partial charge is 0.489 e. The second-order valence-corrected chi connectivity index (χ2v) is 5.93. The molecule has 0 N–H and O–H groups in total. The quantitative estimate of drug-likeness (QED) is 0.579. The first kappa shape index (κ1) is 16.7. The summed E-state index contributed by atoms with van der Waals surface area (Å²) in [5, 5.41) is 11.3. The van der Waals surface area contributed by atoms with Gasteiger partial charge in [-0.25, -0.2) is 0 Å². The molecule has 0 radical (unpaired) electrons. The highest BCUT2D eigenvalue weighted by Gasteiger charge is 2.16. The molecule has 126 valence electrons. The van der Waals surface area contributed by atoms with Crippen molar-refractivity contribution in [1.82, 2.24) is 0 Å². The van der Waals surface area contributed by atoms with Crippen molar-refractivity contribution in [3.63, 3.8) is 0 Å². The fraction of sp³-hybridized carbons (Fsp3) is 0.250. The molecule has 0 saturated carbocycles. The van der Waals surface area contributed by atoms with Crippen molar-refractivity contribution < 1.29 is 19.1 Å². The summed E-state index contributed by atoms with van der Waals surface area (Å²) in [4.78, 5) is 10.2. The third-order valence-corrected chi connectivity index (χ3v) is 3.96. The van der Waals surface area contributed by atoms with Crippen LogP contribution >= 0.6 is 23.2 Å². The van der Waals surface area contributed by atoms with E-state index in [9.17, 15) is 10.1 Å². The Bertz CT molecular complexity index is 781. The lowest BCUT2D eigenvalue weighted by molar-refractivity contribution is -0.384. The van der Waals surface area contributed by atoms with E-state index in [1.165, 1.54) is 18.2 Å². The molecule has 1 aliphatic heterocycles. The third kappa shape index (κ3) is 3.66. The number of ether oxygens (including phenoxy) is 3. The molecule has 0 bridgehead atoms. The van der Waals surface area contributed by atoms with Crippen LogP contribution < -0.4 is 14.2 Å². The van der Waals surface area contributed by atoms with E-state index in [0.717, 1.165) is 12.0 Å². The molecule has 8 heteroatoms. The number of hydrogen-bond acceptors (Lipinski definition) is 5. The summed E-state index contributed by atoms with van der Waals surface area (Å²) in [6, 6.07) is 7.57. The molecule has 6 nitrogen and oxygen atoms in total. The molecule has 0 spiro atoms. The summed E-state index contributed by atoms with van der Waals surface area (Å²) < 4.78 is 16.8. The molecule has 0 amide bonds. The van der Waals surface area contributed by atoms with Gasteiger partial charge in [-0.3, -0.25) is 10.1 Å². The van der Waals surface area contributed by atoms with E-state index in [0.29, 0.717) is 35.5 Å². The molecule has 0 atom stereocenters. The number of nitro benzene ring substituents is 1. The Morgan fingerprint density at radius 1 is 1.12 bits per heavy atom. The second kappa shape index (κ2) is 7.15. The minimum atomic E-state index is -0.515. The number of nitrogens with zero attached hydrogens (tertiary/aromatic N) is 1. The van der Waals surface area contributed by atoms with Gasteiger partial charge in [-0.1, -0.05) is 23.2 Å². The van der Waals surface area contributed by atoms with Gasteiger partial charge in [0.1, 0.15) is 12.4 Å². The molecule has 1 heterocycles. The van der Waals surface area contributed by atoms with Crippen molar-refractivity contribution >= 4 is 28.9 Å². The van der Waals surface area contributed by atoms with Crippen LogP contribution in [0.3, 0.4) is 0 Å². The lowest BCUT2D eigenvalue weighted by Crippen LogP contribution is -1.99. The number of rotatable bonds is 4. The first-order chi connectivity index (χ1) is 11.5. The molecule has 0 fully saturated rings. The minimum absolute atomic E-state index is 0.0917. The Labute approximate surface area is 148 Å². The summed E-state index contributed by atoms with van der Waals surface area (Å²) in [5.74, 6) is 1.46. The lowest BCUT2D eigenvalue weighted by Gasteiger charge is -2.13. The normalized spacial score (nSPS) is 13.2. The van der Waals surface area contributed by atoms with Crippen LogP contribution in [0.4, 0.5) is 5.69 Å². The smallest absolute Gasteiger partial charge is 0.271 e. The van der Waals surface area contributed by atoms with Crippen LogP contribution in [-0.2, 0) is 6.61 Å². The highest BCUT2D eigenvalue weighted by Crippen LogP contribution is 2.38. The number of nitro groups is 1. The zero-order valence-corrected chi connectivity index (χ0v) is 14.0. The Morgan fingerprint density at radius 2 is 1.92 bits per heavy atom. The van der Waals surface area contributed by atoms with Gasteiger partial charge in [0.25, 0.3) is 5.69 Å². The summed E-state index contributed by atoms with van der Waals surface area (Å²) in [6.45, 7) is 1.30. The topological polar surface area (TPSA) is 70.8 Å². The van der Waals surface area contributed by atoms with E-state index in [2.05, 4.69) is 0 Å². The monoisotopic (exact) mass is 369 g/mol. The summed E-state index contributed by atoms with van der Waals surface area (Å²) >= 11 is 12.2. The number of hydrogen-bond donors (Lipinski definition) is 0. The molecule has 0 aliphatic carbocycles. The molecule has 0 aromatic heterocycles. The minimum Gasteiger partial charge on any atom is -0.489 e. The van der Waals surface area contributed by atoms with Crippen LogP contribution in [0.5, 0.6) is 17.2 Å². The molecule has 1 aliphatic rings. The summed E-state index contributed by atoms with van der Waals surface area (Å²) in [7, 11) is 0.